The molecule has 0 bridgehead atoms. The number of nitrogens with zero attached hydrogens (tertiary/aromatic N) is 5. The fraction of sp³-hybridized carbons (Fsp3) is 0.100. The lowest BCUT2D eigenvalue weighted by atomic mass is 10.1. The van der Waals surface area contributed by atoms with E-state index in [0.717, 1.165) is 16.9 Å². The Kier molecular flexibility index (Phi) is 4.22. The van der Waals surface area contributed by atoms with Crippen LogP contribution in [0, 0.1) is 24.1 Å². The molecule has 4 aromatic rings. The third-order valence-electron chi connectivity index (χ3n) is 4.29. The minimum Gasteiger partial charge on any atom is -0.379 e. The standard InChI is InChI=1S/C20H15FN6/c1-13-6-16(21)7-17-19(13)26-11-15(8-22)20(17)25-10-14-2-3-18(24-9-14)27-5-4-23-12-27/h2-7,9,11-12H,10H2,1H3,(H,25,26). The van der Waals surface area contributed by atoms with Gasteiger partial charge in [-0.05, 0) is 36.2 Å². The van der Waals surface area contributed by atoms with Gasteiger partial charge in [-0.25, -0.2) is 14.4 Å². The first-order valence-electron chi connectivity index (χ1n) is 8.32. The van der Waals surface area contributed by atoms with Crippen molar-refractivity contribution in [3.05, 3.63) is 77.9 Å². The number of nitriles is 1. The second kappa shape index (κ2) is 6.84. The molecule has 0 aliphatic heterocycles. The first-order valence-corrected chi connectivity index (χ1v) is 8.32. The number of hydrogen-bond donors (Lipinski definition) is 1. The largest absolute Gasteiger partial charge is 0.379 e. The predicted molar refractivity (Wildman–Crippen MR) is 99.8 cm³/mol. The summed E-state index contributed by atoms with van der Waals surface area (Å²) in [5.41, 5.74) is 3.27. The van der Waals surface area contributed by atoms with Gasteiger partial charge in [0, 0.05) is 36.7 Å². The van der Waals surface area contributed by atoms with Crippen LogP contribution in [0.5, 0.6) is 0 Å². The van der Waals surface area contributed by atoms with Crippen LogP contribution in [-0.2, 0) is 6.54 Å². The van der Waals surface area contributed by atoms with Gasteiger partial charge in [0.2, 0.25) is 0 Å². The van der Waals surface area contributed by atoms with Crippen molar-refractivity contribution in [2.24, 2.45) is 0 Å². The summed E-state index contributed by atoms with van der Waals surface area (Å²) in [5, 5.41) is 13.2. The number of nitrogens with one attached hydrogen (secondary N) is 1. The molecule has 0 radical (unpaired) electrons. The lowest BCUT2D eigenvalue weighted by Gasteiger charge is -2.13. The summed E-state index contributed by atoms with van der Waals surface area (Å²) < 4.78 is 15.7. The molecule has 0 unspecified atom stereocenters. The number of rotatable bonds is 4. The average molecular weight is 358 g/mol. The highest BCUT2D eigenvalue weighted by atomic mass is 19.1. The van der Waals surface area contributed by atoms with E-state index in [1.165, 1.54) is 18.3 Å². The molecule has 1 aromatic carbocycles. The molecule has 0 saturated heterocycles. The van der Waals surface area contributed by atoms with Crippen molar-refractivity contribution in [2.75, 3.05) is 5.32 Å². The number of hydrogen-bond acceptors (Lipinski definition) is 5. The number of anilines is 1. The Hall–Kier alpha value is -3.79. The van der Waals surface area contributed by atoms with E-state index >= 15 is 0 Å². The number of pyridine rings is 2. The minimum absolute atomic E-state index is 0.355. The van der Waals surface area contributed by atoms with Crippen LogP contribution in [0.4, 0.5) is 10.1 Å². The number of halogens is 1. The molecule has 0 atom stereocenters. The van der Waals surface area contributed by atoms with E-state index < -0.39 is 0 Å². The van der Waals surface area contributed by atoms with E-state index in [1.54, 1.807) is 25.6 Å². The zero-order chi connectivity index (χ0) is 18.8. The molecule has 3 heterocycles. The van der Waals surface area contributed by atoms with Gasteiger partial charge in [-0.15, -0.1) is 0 Å². The van der Waals surface area contributed by atoms with Crippen molar-refractivity contribution in [1.29, 1.82) is 5.26 Å². The number of benzene rings is 1. The van der Waals surface area contributed by atoms with Crippen molar-refractivity contribution >= 4 is 16.6 Å². The lowest BCUT2D eigenvalue weighted by Crippen LogP contribution is -2.05. The van der Waals surface area contributed by atoms with Gasteiger partial charge in [0.25, 0.3) is 0 Å². The molecule has 0 aliphatic rings. The highest BCUT2D eigenvalue weighted by Gasteiger charge is 2.12. The van der Waals surface area contributed by atoms with Crippen molar-refractivity contribution in [3.8, 4) is 11.9 Å². The monoisotopic (exact) mass is 358 g/mol. The normalized spacial score (nSPS) is 10.7. The second-order valence-electron chi connectivity index (χ2n) is 6.13. The van der Waals surface area contributed by atoms with Crippen LogP contribution in [0.15, 0.2) is 55.4 Å². The van der Waals surface area contributed by atoms with Gasteiger partial charge in [0.05, 0.1) is 16.8 Å². The van der Waals surface area contributed by atoms with E-state index in [9.17, 15) is 9.65 Å². The third-order valence-corrected chi connectivity index (χ3v) is 4.29. The topological polar surface area (TPSA) is 79.4 Å². The first-order chi connectivity index (χ1) is 13.2. The van der Waals surface area contributed by atoms with Crippen molar-refractivity contribution < 1.29 is 4.39 Å². The van der Waals surface area contributed by atoms with Crippen LogP contribution < -0.4 is 5.32 Å². The third kappa shape index (κ3) is 3.20. The summed E-state index contributed by atoms with van der Waals surface area (Å²) in [6.45, 7) is 2.24. The quantitative estimate of drug-likeness (QED) is 0.601. The lowest BCUT2D eigenvalue weighted by molar-refractivity contribution is 0.628. The highest BCUT2D eigenvalue weighted by Crippen LogP contribution is 2.29. The minimum atomic E-state index is -0.355. The van der Waals surface area contributed by atoms with Crippen molar-refractivity contribution in [2.45, 2.75) is 13.5 Å². The SMILES string of the molecule is Cc1cc(F)cc2c(NCc3ccc(-n4ccnc4)nc3)c(C#N)cnc12. The average Bonchev–Trinajstić information content (AvgIpc) is 3.21. The molecule has 7 heteroatoms. The number of aromatic nitrogens is 4. The molecule has 0 saturated carbocycles. The molecule has 132 valence electrons. The molecule has 0 aliphatic carbocycles. The molecule has 3 aromatic heterocycles. The Morgan fingerprint density at radius 2 is 2.11 bits per heavy atom. The van der Waals surface area contributed by atoms with Crippen LogP contribution in [0.2, 0.25) is 0 Å². The van der Waals surface area contributed by atoms with E-state index in [-0.39, 0.29) is 5.82 Å². The van der Waals surface area contributed by atoms with Gasteiger partial charge >= 0.3 is 0 Å². The predicted octanol–water partition coefficient (Wildman–Crippen LogP) is 3.75. The molecule has 4 rings (SSSR count). The smallest absolute Gasteiger partial charge is 0.137 e. The van der Waals surface area contributed by atoms with E-state index in [4.69, 9.17) is 0 Å². The summed E-state index contributed by atoms with van der Waals surface area (Å²) in [7, 11) is 0. The van der Waals surface area contributed by atoms with Crippen LogP contribution in [0.1, 0.15) is 16.7 Å². The van der Waals surface area contributed by atoms with Gasteiger partial charge in [-0.3, -0.25) is 9.55 Å². The Morgan fingerprint density at radius 3 is 2.81 bits per heavy atom. The maximum absolute atomic E-state index is 13.9. The number of aryl methyl sites for hydroxylation is 1. The fourth-order valence-electron chi connectivity index (χ4n) is 2.97. The summed E-state index contributed by atoms with van der Waals surface area (Å²) in [6.07, 6.45) is 8.45. The van der Waals surface area contributed by atoms with Crippen molar-refractivity contribution in [1.82, 2.24) is 19.5 Å². The van der Waals surface area contributed by atoms with Crippen LogP contribution >= 0.6 is 0 Å². The zero-order valence-corrected chi connectivity index (χ0v) is 14.5. The molecular weight excluding hydrogens is 343 g/mol. The summed E-state index contributed by atoms with van der Waals surface area (Å²) >= 11 is 0. The van der Waals surface area contributed by atoms with E-state index in [2.05, 4.69) is 26.3 Å². The molecule has 6 nitrogen and oxygen atoms in total. The van der Waals surface area contributed by atoms with Gasteiger partial charge in [-0.1, -0.05) is 6.07 Å². The molecule has 1 N–H and O–H groups in total. The second-order valence-corrected chi connectivity index (χ2v) is 6.13. The summed E-state index contributed by atoms with van der Waals surface area (Å²) in [4.78, 5) is 12.7. The number of imidazole rings is 1. The Labute approximate surface area is 155 Å². The van der Waals surface area contributed by atoms with Gasteiger partial charge in [0.1, 0.15) is 24.0 Å². The molecule has 0 fully saturated rings. The Bertz CT molecular complexity index is 1140. The first kappa shape index (κ1) is 16.7. The van der Waals surface area contributed by atoms with Crippen LogP contribution in [0.25, 0.3) is 16.7 Å². The van der Waals surface area contributed by atoms with E-state index in [0.29, 0.717) is 28.7 Å². The molecule has 0 amide bonds. The van der Waals surface area contributed by atoms with Gasteiger partial charge in [-0.2, -0.15) is 5.26 Å². The fourth-order valence-corrected chi connectivity index (χ4v) is 2.97. The molecule has 0 spiro atoms. The summed E-state index contributed by atoms with van der Waals surface area (Å²) in [5.74, 6) is 0.410. The Morgan fingerprint density at radius 1 is 1.22 bits per heavy atom. The maximum Gasteiger partial charge on any atom is 0.137 e. The van der Waals surface area contributed by atoms with Gasteiger partial charge in [0.15, 0.2) is 0 Å². The zero-order valence-electron chi connectivity index (χ0n) is 14.5. The van der Waals surface area contributed by atoms with Crippen molar-refractivity contribution in [3.63, 3.8) is 0 Å². The molecule has 27 heavy (non-hydrogen) atoms. The maximum atomic E-state index is 13.9. The van der Waals surface area contributed by atoms with Crippen LogP contribution in [-0.4, -0.2) is 19.5 Å². The number of fused-ring (bicyclic) bond motifs is 1. The molecular formula is C20H15FN6. The summed E-state index contributed by atoms with van der Waals surface area (Å²) in [6, 6.07) is 8.78. The van der Waals surface area contributed by atoms with E-state index in [1.807, 2.05) is 22.9 Å². The highest BCUT2D eigenvalue weighted by molar-refractivity contribution is 5.95. The van der Waals surface area contributed by atoms with Crippen LogP contribution in [0.3, 0.4) is 0 Å². The Balaban J connectivity index is 1.64. The van der Waals surface area contributed by atoms with Gasteiger partial charge < -0.3 is 5.32 Å².